The Hall–Kier alpha value is -2.15. The lowest BCUT2D eigenvalue weighted by atomic mass is 10.3. The molecule has 0 aliphatic heterocycles. The summed E-state index contributed by atoms with van der Waals surface area (Å²) < 4.78 is 18.1. The highest BCUT2D eigenvalue weighted by Crippen LogP contribution is 2.13. The first-order chi connectivity index (χ1) is 9.04. The number of carbonyl (C=O) groups excluding carboxylic acids is 1. The first kappa shape index (κ1) is 14.9. The number of urea groups is 1. The Morgan fingerprint density at radius 3 is 2.68 bits per heavy atom. The number of ether oxygens (including phenoxy) is 1. The molecule has 0 saturated heterocycles. The van der Waals surface area contributed by atoms with Gasteiger partial charge in [-0.2, -0.15) is 0 Å². The van der Waals surface area contributed by atoms with E-state index in [4.69, 9.17) is 9.84 Å². The lowest BCUT2D eigenvalue weighted by Gasteiger charge is -2.20. The Kier molecular flexibility index (Phi) is 5.74. The second-order valence-corrected chi connectivity index (χ2v) is 3.72. The fourth-order valence-electron chi connectivity index (χ4n) is 1.37. The van der Waals surface area contributed by atoms with Crippen molar-refractivity contribution in [3.63, 3.8) is 0 Å². The van der Waals surface area contributed by atoms with E-state index >= 15 is 0 Å². The summed E-state index contributed by atoms with van der Waals surface area (Å²) in [6.45, 7) is -0.190. The van der Waals surface area contributed by atoms with Crippen molar-refractivity contribution in [1.82, 2.24) is 4.90 Å². The zero-order valence-corrected chi connectivity index (χ0v) is 10.4. The lowest BCUT2D eigenvalue weighted by molar-refractivity contribution is -0.137. The van der Waals surface area contributed by atoms with Crippen LogP contribution in [0, 0.1) is 5.82 Å². The van der Waals surface area contributed by atoms with Gasteiger partial charge in [-0.05, 0) is 12.1 Å². The third-order valence-corrected chi connectivity index (χ3v) is 2.29. The Labute approximate surface area is 109 Å². The minimum Gasteiger partial charge on any atom is -0.480 e. The van der Waals surface area contributed by atoms with Gasteiger partial charge in [-0.3, -0.25) is 4.79 Å². The number of methoxy groups -OCH3 is 1. The number of aliphatic carboxylic acids is 1. The van der Waals surface area contributed by atoms with E-state index in [2.05, 4.69) is 5.32 Å². The van der Waals surface area contributed by atoms with Crippen LogP contribution in [0.4, 0.5) is 14.9 Å². The van der Waals surface area contributed by atoms with E-state index in [-0.39, 0.29) is 18.8 Å². The molecule has 2 N–H and O–H groups in total. The number of hydrogen-bond acceptors (Lipinski definition) is 3. The lowest BCUT2D eigenvalue weighted by Crippen LogP contribution is -2.40. The molecule has 1 aromatic rings. The van der Waals surface area contributed by atoms with Crippen molar-refractivity contribution in [3.05, 3.63) is 30.1 Å². The number of anilines is 1. The van der Waals surface area contributed by atoms with Gasteiger partial charge in [0.15, 0.2) is 0 Å². The average molecular weight is 270 g/mol. The monoisotopic (exact) mass is 270 g/mol. The van der Waals surface area contributed by atoms with Crippen LogP contribution in [0.1, 0.15) is 0 Å². The number of benzene rings is 1. The largest absolute Gasteiger partial charge is 0.480 e. The highest BCUT2D eigenvalue weighted by molar-refractivity contribution is 5.91. The number of para-hydroxylation sites is 1. The second-order valence-electron chi connectivity index (χ2n) is 3.72. The number of nitrogens with one attached hydrogen (secondary N) is 1. The summed E-state index contributed by atoms with van der Waals surface area (Å²) in [6.07, 6.45) is 0. The third-order valence-electron chi connectivity index (χ3n) is 2.29. The van der Waals surface area contributed by atoms with Gasteiger partial charge in [-0.25, -0.2) is 9.18 Å². The molecule has 6 nitrogen and oxygen atoms in total. The summed E-state index contributed by atoms with van der Waals surface area (Å²) >= 11 is 0. The van der Waals surface area contributed by atoms with E-state index in [0.29, 0.717) is 0 Å². The van der Waals surface area contributed by atoms with Crippen LogP contribution >= 0.6 is 0 Å². The van der Waals surface area contributed by atoms with Crippen molar-refractivity contribution in [2.45, 2.75) is 0 Å². The van der Waals surface area contributed by atoms with Gasteiger partial charge in [-0.1, -0.05) is 12.1 Å². The maximum Gasteiger partial charge on any atom is 0.323 e. The van der Waals surface area contributed by atoms with Gasteiger partial charge < -0.3 is 20.1 Å². The Balaban J connectivity index is 2.70. The molecular formula is C12H15FN2O4. The molecule has 19 heavy (non-hydrogen) atoms. The fourth-order valence-corrected chi connectivity index (χ4v) is 1.37. The van der Waals surface area contributed by atoms with Gasteiger partial charge >= 0.3 is 12.0 Å². The molecule has 0 radical (unpaired) electrons. The third kappa shape index (κ3) is 4.92. The van der Waals surface area contributed by atoms with Crippen molar-refractivity contribution in [1.29, 1.82) is 0 Å². The number of carbonyl (C=O) groups is 2. The highest BCUT2D eigenvalue weighted by Gasteiger charge is 2.17. The van der Waals surface area contributed by atoms with E-state index in [1.54, 1.807) is 6.07 Å². The van der Waals surface area contributed by atoms with Crippen LogP contribution in [0.15, 0.2) is 24.3 Å². The van der Waals surface area contributed by atoms with Gasteiger partial charge in [-0.15, -0.1) is 0 Å². The van der Waals surface area contributed by atoms with E-state index in [1.165, 1.54) is 25.3 Å². The van der Waals surface area contributed by atoms with Gasteiger partial charge in [0.25, 0.3) is 0 Å². The normalized spacial score (nSPS) is 10.0. The second kappa shape index (κ2) is 7.32. The van der Waals surface area contributed by atoms with Crippen LogP contribution in [-0.4, -0.2) is 48.8 Å². The first-order valence-corrected chi connectivity index (χ1v) is 5.55. The van der Waals surface area contributed by atoms with Crippen LogP contribution in [0.5, 0.6) is 0 Å². The number of hydrogen-bond donors (Lipinski definition) is 2. The Morgan fingerprint density at radius 1 is 1.42 bits per heavy atom. The van der Waals surface area contributed by atoms with Gasteiger partial charge in [0, 0.05) is 13.7 Å². The molecule has 0 aliphatic rings. The van der Waals surface area contributed by atoms with Crippen molar-refractivity contribution < 1.29 is 23.8 Å². The summed E-state index contributed by atoms with van der Waals surface area (Å²) in [7, 11) is 1.44. The first-order valence-electron chi connectivity index (χ1n) is 5.55. The number of carboxylic acids is 1. The summed E-state index contributed by atoms with van der Waals surface area (Å²) in [6, 6.07) is 4.96. The molecule has 1 aromatic carbocycles. The molecule has 0 heterocycles. The molecule has 1 rings (SSSR count). The summed E-state index contributed by atoms with van der Waals surface area (Å²) in [5.41, 5.74) is 0.000283. The predicted octanol–water partition coefficient (Wildman–Crippen LogP) is 1.39. The van der Waals surface area contributed by atoms with E-state index in [9.17, 15) is 14.0 Å². The van der Waals surface area contributed by atoms with Crippen molar-refractivity contribution in [3.8, 4) is 0 Å². The molecule has 2 amide bonds. The molecular weight excluding hydrogens is 255 g/mol. The van der Waals surface area contributed by atoms with Crippen LogP contribution in [0.25, 0.3) is 0 Å². The fraction of sp³-hybridized carbons (Fsp3) is 0.333. The smallest absolute Gasteiger partial charge is 0.323 e. The zero-order valence-electron chi connectivity index (χ0n) is 10.4. The van der Waals surface area contributed by atoms with Crippen molar-refractivity contribution >= 4 is 17.7 Å². The SMILES string of the molecule is COCCN(CC(=O)O)C(=O)Nc1ccccc1F. The number of amides is 2. The highest BCUT2D eigenvalue weighted by atomic mass is 19.1. The maximum atomic E-state index is 13.4. The van der Waals surface area contributed by atoms with Gasteiger partial charge in [0.05, 0.1) is 12.3 Å². The molecule has 0 atom stereocenters. The standard InChI is InChI=1S/C12H15FN2O4/c1-19-7-6-15(8-11(16)17)12(18)14-10-5-3-2-4-9(10)13/h2-5H,6-8H2,1H3,(H,14,18)(H,16,17). The number of rotatable bonds is 6. The molecule has 0 fully saturated rings. The summed E-state index contributed by atoms with van der Waals surface area (Å²) in [5.74, 6) is -1.74. The molecule has 0 unspecified atom stereocenters. The topological polar surface area (TPSA) is 78.9 Å². The van der Waals surface area contributed by atoms with E-state index < -0.39 is 24.4 Å². The van der Waals surface area contributed by atoms with Crippen LogP contribution in [-0.2, 0) is 9.53 Å². The summed E-state index contributed by atoms with van der Waals surface area (Å²) in [5, 5.41) is 11.0. The minimum atomic E-state index is -1.15. The summed E-state index contributed by atoms with van der Waals surface area (Å²) in [4.78, 5) is 23.5. The van der Waals surface area contributed by atoms with E-state index in [0.717, 1.165) is 4.90 Å². The van der Waals surface area contributed by atoms with Crippen molar-refractivity contribution in [2.24, 2.45) is 0 Å². The molecule has 7 heteroatoms. The zero-order chi connectivity index (χ0) is 14.3. The van der Waals surface area contributed by atoms with Crippen LogP contribution < -0.4 is 5.32 Å². The molecule has 104 valence electrons. The van der Waals surface area contributed by atoms with Crippen molar-refractivity contribution in [2.75, 3.05) is 32.1 Å². The molecule has 0 saturated carbocycles. The molecule has 0 bridgehead atoms. The number of nitrogens with zero attached hydrogens (tertiary/aromatic N) is 1. The predicted molar refractivity (Wildman–Crippen MR) is 66.5 cm³/mol. The van der Waals surface area contributed by atoms with E-state index in [1.807, 2.05) is 0 Å². The minimum absolute atomic E-state index is 0.000283. The van der Waals surface area contributed by atoms with Gasteiger partial charge in [0.1, 0.15) is 12.4 Å². The maximum absolute atomic E-state index is 13.4. The number of carboxylic acid groups (broad SMARTS) is 1. The van der Waals surface area contributed by atoms with Crippen LogP contribution in [0.2, 0.25) is 0 Å². The number of halogens is 1. The van der Waals surface area contributed by atoms with Crippen LogP contribution in [0.3, 0.4) is 0 Å². The Bertz CT molecular complexity index is 453. The molecule has 0 aliphatic carbocycles. The molecule has 0 aromatic heterocycles. The molecule has 0 spiro atoms. The quantitative estimate of drug-likeness (QED) is 0.818. The Morgan fingerprint density at radius 2 is 2.11 bits per heavy atom. The average Bonchev–Trinajstić information content (AvgIpc) is 2.36. The van der Waals surface area contributed by atoms with Gasteiger partial charge in [0.2, 0.25) is 0 Å².